The summed E-state index contributed by atoms with van der Waals surface area (Å²) < 4.78 is 1.78. The molecule has 0 unspecified atom stereocenters. The van der Waals surface area contributed by atoms with E-state index in [4.69, 9.17) is 0 Å². The first-order valence-electron chi connectivity index (χ1n) is 9.03. The lowest BCUT2D eigenvalue weighted by atomic mass is 10.0. The van der Waals surface area contributed by atoms with Gasteiger partial charge in [-0.1, -0.05) is 18.2 Å². The van der Waals surface area contributed by atoms with E-state index in [-0.39, 0.29) is 5.91 Å². The van der Waals surface area contributed by atoms with Crippen LogP contribution in [-0.2, 0) is 24.8 Å². The smallest absolute Gasteiger partial charge is 0.256 e. The predicted octanol–water partition coefficient (Wildman–Crippen LogP) is 2.07. The van der Waals surface area contributed by atoms with E-state index in [1.165, 1.54) is 0 Å². The van der Waals surface area contributed by atoms with Crippen molar-refractivity contribution in [3.63, 3.8) is 0 Å². The number of aromatic amines is 1. The summed E-state index contributed by atoms with van der Waals surface area (Å²) in [5.41, 5.74) is 5.61. The third kappa shape index (κ3) is 3.40. The van der Waals surface area contributed by atoms with Crippen LogP contribution in [0.5, 0.6) is 0 Å². The molecule has 0 radical (unpaired) electrons. The number of allylic oxidation sites excluding steroid dienone is 3. The Morgan fingerprint density at radius 2 is 2.26 bits per heavy atom. The number of nitrogens with zero attached hydrogens (tertiary/aromatic N) is 5. The van der Waals surface area contributed by atoms with E-state index in [2.05, 4.69) is 20.1 Å². The van der Waals surface area contributed by atoms with Crippen LogP contribution in [0.2, 0.25) is 0 Å². The fourth-order valence-electron chi connectivity index (χ4n) is 3.38. The highest BCUT2D eigenvalue weighted by atomic mass is 16.2. The maximum Gasteiger partial charge on any atom is 0.256 e. The van der Waals surface area contributed by atoms with Gasteiger partial charge in [-0.05, 0) is 24.1 Å². The second-order valence-corrected chi connectivity index (χ2v) is 6.67. The maximum absolute atomic E-state index is 13.0. The molecule has 2 aliphatic heterocycles. The van der Waals surface area contributed by atoms with Crippen LogP contribution in [-0.4, -0.2) is 49.9 Å². The summed E-state index contributed by atoms with van der Waals surface area (Å²) in [4.78, 5) is 26.6. The van der Waals surface area contributed by atoms with E-state index >= 15 is 0 Å². The van der Waals surface area contributed by atoms with Crippen molar-refractivity contribution in [1.29, 1.82) is 0 Å². The summed E-state index contributed by atoms with van der Waals surface area (Å²) in [6, 6.07) is 1.97. The highest BCUT2D eigenvalue weighted by molar-refractivity contribution is 6.14. The standard InChI is InChI=1S/C20H22N6O/c1-3-14(17-6-8-25(2)24-17)4-5-15-10-21-11-16(15)20(27)26-9-7-18-19(12-26)23-13-22-18/h3-6,8,11,13H,7,9-10,12H2,1-2H3,(H,22,23)/b5-4-,14-3+. The minimum absolute atomic E-state index is 0.0241. The molecule has 2 aliphatic rings. The van der Waals surface area contributed by atoms with Crippen molar-refractivity contribution in [1.82, 2.24) is 24.6 Å². The number of fused-ring (bicyclic) bond motifs is 1. The molecule has 0 aromatic carbocycles. The van der Waals surface area contributed by atoms with Crippen LogP contribution < -0.4 is 0 Å². The number of carbonyl (C=O) groups excluding carboxylic acids is 1. The molecule has 1 amide bonds. The predicted molar refractivity (Wildman–Crippen MR) is 104 cm³/mol. The van der Waals surface area contributed by atoms with Crippen LogP contribution in [0.25, 0.3) is 5.57 Å². The minimum atomic E-state index is 0.0241. The normalized spacial score (nSPS) is 17.3. The molecule has 0 atom stereocenters. The summed E-state index contributed by atoms with van der Waals surface area (Å²) in [5, 5.41) is 4.44. The number of carbonyl (C=O) groups is 1. The molecule has 2 aromatic rings. The fraction of sp³-hybridized carbons (Fsp3) is 0.300. The van der Waals surface area contributed by atoms with Crippen LogP contribution in [0.15, 0.2) is 53.0 Å². The molecule has 7 heteroatoms. The number of aryl methyl sites for hydroxylation is 1. The third-order valence-electron chi connectivity index (χ3n) is 4.91. The van der Waals surface area contributed by atoms with Crippen molar-refractivity contribution in [2.24, 2.45) is 12.0 Å². The Bertz CT molecular complexity index is 988. The zero-order chi connectivity index (χ0) is 18.8. The first-order chi connectivity index (χ1) is 13.2. The van der Waals surface area contributed by atoms with Crippen molar-refractivity contribution in [3.8, 4) is 0 Å². The molecule has 0 saturated carbocycles. The number of imidazole rings is 1. The zero-order valence-electron chi connectivity index (χ0n) is 15.5. The molecular formula is C20H22N6O. The largest absolute Gasteiger partial charge is 0.347 e. The van der Waals surface area contributed by atoms with Gasteiger partial charge in [0, 0.05) is 32.4 Å². The number of aromatic nitrogens is 4. The van der Waals surface area contributed by atoms with Gasteiger partial charge in [-0.25, -0.2) is 4.98 Å². The van der Waals surface area contributed by atoms with Crippen molar-refractivity contribution in [2.75, 3.05) is 13.1 Å². The lowest BCUT2D eigenvalue weighted by molar-refractivity contribution is -0.127. The average Bonchev–Trinajstić information content (AvgIpc) is 3.41. The van der Waals surface area contributed by atoms with E-state index in [9.17, 15) is 4.79 Å². The number of nitrogens with one attached hydrogen (secondary N) is 1. The highest BCUT2D eigenvalue weighted by Crippen LogP contribution is 2.22. The number of H-pyrrole nitrogens is 1. The second kappa shape index (κ2) is 7.19. The van der Waals surface area contributed by atoms with Crippen LogP contribution in [0.1, 0.15) is 24.0 Å². The van der Waals surface area contributed by atoms with E-state index in [0.717, 1.165) is 34.6 Å². The average molecular weight is 362 g/mol. The SMILES string of the molecule is C/C=C(\C=C/C1=C(C(=O)N2CCc3nc[nH]c3C2)C=NC1)c1ccn(C)n1. The number of hydrogen-bond donors (Lipinski definition) is 1. The molecule has 1 N–H and O–H groups in total. The number of hydrogen-bond acceptors (Lipinski definition) is 4. The zero-order valence-corrected chi connectivity index (χ0v) is 15.5. The fourth-order valence-corrected chi connectivity index (χ4v) is 3.38. The third-order valence-corrected chi connectivity index (χ3v) is 4.91. The topological polar surface area (TPSA) is 79.2 Å². The number of aliphatic imine (C=N–C) groups is 1. The van der Waals surface area contributed by atoms with E-state index in [0.29, 0.717) is 25.2 Å². The van der Waals surface area contributed by atoms with Gasteiger partial charge >= 0.3 is 0 Å². The molecule has 4 rings (SSSR count). The number of rotatable bonds is 4. The van der Waals surface area contributed by atoms with Crippen molar-refractivity contribution in [2.45, 2.75) is 19.9 Å². The van der Waals surface area contributed by atoms with Gasteiger partial charge in [0.1, 0.15) is 0 Å². The number of amides is 1. The molecule has 7 nitrogen and oxygen atoms in total. The molecule has 0 fully saturated rings. The Kier molecular flexibility index (Phi) is 4.58. The van der Waals surface area contributed by atoms with Crippen molar-refractivity contribution < 1.29 is 4.79 Å². The molecule has 138 valence electrons. The molecule has 0 saturated heterocycles. The minimum Gasteiger partial charge on any atom is -0.347 e. The van der Waals surface area contributed by atoms with Crippen molar-refractivity contribution >= 4 is 17.7 Å². The van der Waals surface area contributed by atoms with E-state index in [1.807, 2.05) is 49.4 Å². The van der Waals surface area contributed by atoms with Gasteiger partial charge in [-0.15, -0.1) is 0 Å². The Morgan fingerprint density at radius 1 is 1.37 bits per heavy atom. The molecule has 4 heterocycles. The Hall–Kier alpha value is -3.22. The quantitative estimate of drug-likeness (QED) is 0.846. The van der Waals surface area contributed by atoms with Crippen LogP contribution >= 0.6 is 0 Å². The van der Waals surface area contributed by atoms with E-state index in [1.54, 1.807) is 17.2 Å². The van der Waals surface area contributed by atoms with Crippen LogP contribution in [0, 0.1) is 0 Å². The molecule has 0 spiro atoms. The lowest BCUT2D eigenvalue weighted by Crippen LogP contribution is -2.37. The molecule has 27 heavy (non-hydrogen) atoms. The summed E-state index contributed by atoms with van der Waals surface area (Å²) in [6.45, 7) is 3.76. The van der Waals surface area contributed by atoms with Gasteiger partial charge < -0.3 is 9.88 Å². The molecule has 0 aliphatic carbocycles. The monoisotopic (exact) mass is 362 g/mol. The lowest BCUT2D eigenvalue weighted by Gasteiger charge is -2.26. The molecule has 0 bridgehead atoms. The Morgan fingerprint density at radius 3 is 3.04 bits per heavy atom. The van der Waals surface area contributed by atoms with Crippen molar-refractivity contribution in [3.05, 3.63) is 65.0 Å². The maximum atomic E-state index is 13.0. The summed E-state index contributed by atoms with van der Waals surface area (Å²) in [7, 11) is 1.90. The molecular weight excluding hydrogens is 340 g/mol. The summed E-state index contributed by atoms with van der Waals surface area (Å²) in [6.07, 6.45) is 12.1. The Labute approximate surface area is 157 Å². The first-order valence-corrected chi connectivity index (χ1v) is 9.03. The first kappa shape index (κ1) is 17.2. The summed E-state index contributed by atoms with van der Waals surface area (Å²) >= 11 is 0. The van der Waals surface area contributed by atoms with Gasteiger partial charge in [0.2, 0.25) is 0 Å². The van der Waals surface area contributed by atoms with Gasteiger partial charge in [-0.3, -0.25) is 14.5 Å². The van der Waals surface area contributed by atoms with E-state index < -0.39 is 0 Å². The summed E-state index contributed by atoms with van der Waals surface area (Å²) in [5.74, 6) is 0.0241. The van der Waals surface area contributed by atoms with Gasteiger partial charge in [0.25, 0.3) is 5.91 Å². The van der Waals surface area contributed by atoms with Gasteiger partial charge in [0.15, 0.2) is 0 Å². The van der Waals surface area contributed by atoms with Gasteiger partial charge in [0.05, 0.1) is 42.1 Å². The Balaban J connectivity index is 1.53. The highest BCUT2D eigenvalue weighted by Gasteiger charge is 2.26. The van der Waals surface area contributed by atoms with Crippen LogP contribution in [0.4, 0.5) is 0 Å². The van der Waals surface area contributed by atoms with Gasteiger partial charge in [-0.2, -0.15) is 5.10 Å². The second-order valence-electron chi connectivity index (χ2n) is 6.67. The van der Waals surface area contributed by atoms with Crippen LogP contribution in [0.3, 0.4) is 0 Å². The molecule has 2 aromatic heterocycles.